The molecule has 16 heteroatoms. The summed E-state index contributed by atoms with van der Waals surface area (Å²) in [6, 6.07) is 15.2. The van der Waals surface area contributed by atoms with Crippen LogP contribution in [0, 0.1) is 13.8 Å². The number of allylic oxidation sites excluding steroid dienone is 2. The Hall–Kier alpha value is -5.74. The fourth-order valence-electron chi connectivity index (χ4n) is 7.14. The predicted octanol–water partition coefficient (Wildman–Crippen LogP) is 6.86. The van der Waals surface area contributed by atoms with Gasteiger partial charge in [-0.05, 0) is 82.2 Å². The highest BCUT2D eigenvalue weighted by Gasteiger charge is 2.36. The fraction of sp³-hybridized carbons (Fsp3) is 0.455. The largest absolute Gasteiger partial charge is 0.494 e. The van der Waals surface area contributed by atoms with Crippen molar-refractivity contribution in [3.05, 3.63) is 94.7 Å². The second-order valence-electron chi connectivity index (χ2n) is 16.5. The Kier molecular flexibility index (Phi) is 13.0. The van der Waals surface area contributed by atoms with E-state index in [0.717, 1.165) is 39.9 Å². The average molecular weight is 837 g/mol. The molecule has 0 radical (unpaired) electrons. The van der Waals surface area contributed by atoms with Crippen LogP contribution in [0.15, 0.2) is 70.7 Å². The summed E-state index contributed by atoms with van der Waals surface area (Å²) in [7, 11) is 3.53. The summed E-state index contributed by atoms with van der Waals surface area (Å²) in [5, 5.41) is 9.07. The molecule has 320 valence electrons. The SMILES string of the molecule is CCn1nc(C)cc1C(=O)N=c1n(C)c2cccc(OC)c2n1C/C=C/Cn1c(=NC(=O)c2cc(C)nn2CC)n(C)c2cccc(OCCCO[Si](C)(C)C(C)(C)C)c21. The van der Waals surface area contributed by atoms with Crippen molar-refractivity contribution in [3.8, 4) is 11.5 Å². The van der Waals surface area contributed by atoms with E-state index in [1.807, 2.05) is 109 Å². The quantitative estimate of drug-likeness (QED) is 0.0625. The van der Waals surface area contributed by atoms with Crippen molar-refractivity contribution < 1.29 is 23.5 Å². The van der Waals surface area contributed by atoms with Gasteiger partial charge >= 0.3 is 0 Å². The first-order valence-corrected chi connectivity index (χ1v) is 23.5. The van der Waals surface area contributed by atoms with Gasteiger partial charge in [-0.25, -0.2) is 0 Å². The molecule has 0 spiro atoms. The maximum absolute atomic E-state index is 13.9. The molecule has 0 aliphatic carbocycles. The van der Waals surface area contributed by atoms with Gasteiger partial charge in [0.15, 0.2) is 8.32 Å². The molecule has 2 aromatic carbocycles. The molecule has 0 fully saturated rings. The van der Waals surface area contributed by atoms with Gasteiger partial charge in [0.25, 0.3) is 11.8 Å². The van der Waals surface area contributed by atoms with E-state index >= 15 is 0 Å². The summed E-state index contributed by atoms with van der Waals surface area (Å²) in [6.07, 6.45) is 4.77. The van der Waals surface area contributed by atoms with Crippen molar-refractivity contribution in [2.75, 3.05) is 20.3 Å². The van der Waals surface area contributed by atoms with Gasteiger partial charge in [0.05, 0.1) is 36.1 Å². The third kappa shape index (κ3) is 8.75. The number of amides is 2. The molecule has 0 aliphatic heterocycles. The third-order valence-corrected chi connectivity index (χ3v) is 15.9. The number of para-hydroxylation sites is 2. The second kappa shape index (κ2) is 17.9. The summed E-state index contributed by atoms with van der Waals surface area (Å²) in [5.74, 6) is 0.559. The summed E-state index contributed by atoms with van der Waals surface area (Å²) >= 11 is 0. The van der Waals surface area contributed by atoms with E-state index < -0.39 is 8.32 Å². The van der Waals surface area contributed by atoms with Gasteiger partial charge in [0, 0.05) is 53.3 Å². The lowest BCUT2D eigenvalue weighted by Gasteiger charge is -2.36. The van der Waals surface area contributed by atoms with Crippen LogP contribution in [-0.2, 0) is 44.7 Å². The molecule has 0 bridgehead atoms. The van der Waals surface area contributed by atoms with E-state index in [-0.39, 0.29) is 16.9 Å². The van der Waals surface area contributed by atoms with E-state index in [4.69, 9.17) is 18.9 Å². The fourth-order valence-corrected chi connectivity index (χ4v) is 8.23. The minimum atomic E-state index is -1.89. The lowest BCUT2D eigenvalue weighted by Crippen LogP contribution is -2.41. The number of fused-ring (bicyclic) bond motifs is 2. The lowest BCUT2D eigenvalue weighted by molar-refractivity contribution is 0.0977. The monoisotopic (exact) mass is 836 g/mol. The highest BCUT2D eigenvalue weighted by Crippen LogP contribution is 2.36. The van der Waals surface area contributed by atoms with E-state index in [0.29, 0.717) is 73.5 Å². The Bertz CT molecular complexity index is 2710. The molecule has 2 amide bonds. The minimum Gasteiger partial charge on any atom is -0.494 e. The minimum absolute atomic E-state index is 0.123. The van der Waals surface area contributed by atoms with Gasteiger partial charge in [-0.2, -0.15) is 20.2 Å². The van der Waals surface area contributed by atoms with Crippen LogP contribution in [-0.4, -0.2) is 78.3 Å². The van der Waals surface area contributed by atoms with Crippen molar-refractivity contribution in [2.45, 2.75) is 99.2 Å². The molecule has 6 rings (SSSR count). The maximum Gasteiger partial charge on any atom is 0.298 e. The molecule has 0 atom stereocenters. The zero-order chi connectivity index (χ0) is 43.5. The standard InChI is InChI=1S/C44H60N10O5Si/c1-13-53-34(28-30(3)47-53)40(55)45-42-49(8)32-20-17-22-36(57-10)38(32)51(42)24-15-16-25-52-39-33(50(9)43(52)46-41(56)35-29-31(4)48-54(35)14-2)21-18-23-37(39)58-26-19-27-59-60(11,12)44(5,6)7/h15-18,20-23,28-29H,13-14,19,24-27H2,1-12H3/b16-15+,45-42?,46-43?. The average Bonchev–Trinajstić information content (AvgIpc) is 3.94. The van der Waals surface area contributed by atoms with Crippen LogP contribution in [0.4, 0.5) is 0 Å². The molecule has 6 aromatic rings. The third-order valence-electron chi connectivity index (χ3n) is 11.3. The van der Waals surface area contributed by atoms with Crippen molar-refractivity contribution in [1.29, 1.82) is 0 Å². The second-order valence-corrected chi connectivity index (χ2v) is 21.3. The molecule has 60 heavy (non-hydrogen) atoms. The van der Waals surface area contributed by atoms with E-state index in [2.05, 4.69) is 49.1 Å². The Morgan fingerprint density at radius 1 is 0.750 bits per heavy atom. The number of imidazole rings is 2. The van der Waals surface area contributed by atoms with Crippen LogP contribution in [0.3, 0.4) is 0 Å². The van der Waals surface area contributed by atoms with Gasteiger partial charge in [0.2, 0.25) is 11.2 Å². The first kappa shape index (κ1) is 43.8. The molecule has 0 unspecified atom stereocenters. The number of nitrogens with zero attached hydrogens (tertiary/aromatic N) is 10. The smallest absolute Gasteiger partial charge is 0.298 e. The van der Waals surface area contributed by atoms with Crippen LogP contribution in [0.5, 0.6) is 11.5 Å². The Morgan fingerprint density at radius 2 is 1.22 bits per heavy atom. The van der Waals surface area contributed by atoms with Crippen molar-refractivity contribution in [3.63, 3.8) is 0 Å². The van der Waals surface area contributed by atoms with Crippen LogP contribution < -0.4 is 20.7 Å². The van der Waals surface area contributed by atoms with Crippen LogP contribution in [0.1, 0.15) is 73.4 Å². The topological polar surface area (TPSA) is 142 Å². The van der Waals surface area contributed by atoms with Gasteiger partial charge in [-0.1, -0.05) is 45.1 Å². The summed E-state index contributed by atoms with van der Waals surface area (Å²) in [6.45, 7) is 21.7. The Balaban J connectivity index is 1.40. The van der Waals surface area contributed by atoms with Gasteiger partial charge < -0.3 is 32.2 Å². The summed E-state index contributed by atoms with van der Waals surface area (Å²) in [4.78, 5) is 37.0. The first-order valence-electron chi connectivity index (χ1n) is 20.6. The molecule has 4 aromatic heterocycles. The highest BCUT2D eigenvalue weighted by molar-refractivity contribution is 6.74. The number of aromatic nitrogens is 8. The number of benzene rings is 2. The maximum atomic E-state index is 13.9. The normalized spacial score (nSPS) is 13.1. The highest BCUT2D eigenvalue weighted by atomic mass is 28.4. The Labute approximate surface area is 352 Å². The van der Waals surface area contributed by atoms with Crippen LogP contribution in [0.2, 0.25) is 18.1 Å². The lowest BCUT2D eigenvalue weighted by atomic mass is 10.2. The number of methoxy groups -OCH3 is 1. The summed E-state index contributed by atoms with van der Waals surface area (Å²) < 4.78 is 29.9. The number of aryl methyl sites for hydroxylation is 6. The molecule has 0 aliphatic rings. The van der Waals surface area contributed by atoms with Crippen molar-refractivity contribution >= 4 is 42.2 Å². The Morgan fingerprint density at radius 3 is 1.67 bits per heavy atom. The zero-order valence-corrected chi connectivity index (χ0v) is 38.2. The van der Waals surface area contributed by atoms with E-state index in [9.17, 15) is 9.59 Å². The molecule has 4 heterocycles. The molecular formula is C44H60N10O5Si. The van der Waals surface area contributed by atoms with Gasteiger partial charge in [0.1, 0.15) is 33.9 Å². The van der Waals surface area contributed by atoms with Crippen molar-refractivity contribution in [1.82, 2.24) is 37.8 Å². The van der Waals surface area contributed by atoms with Crippen LogP contribution in [0.25, 0.3) is 22.1 Å². The number of ether oxygens (including phenoxy) is 2. The molecular weight excluding hydrogens is 777 g/mol. The van der Waals surface area contributed by atoms with E-state index in [1.54, 1.807) is 28.6 Å². The van der Waals surface area contributed by atoms with Gasteiger partial charge in [-0.3, -0.25) is 19.0 Å². The number of carbonyl (C=O) groups excluding carboxylic acids is 2. The molecule has 15 nitrogen and oxygen atoms in total. The molecule has 0 N–H and O–H groups in total. The zero-order valence-electron chi connectivity index (χ0n) is 37.2. The van der Waals surface area contributed by atoms with Crippen LogP contribution >= 0.6 is 0 Å². The number of rotatable bonds is 15. The van der Waals surface area contributed by atoms with E-state index in [1.165, 1.54) is 0 Å². The number of carbonyl (C=O) groups is 2. The molecule has 0 saturated heterocycles. The van der Waals surface area contributed by atoms with Gasteiger partial charge in [-0.15, -0.1) is 0 Å². The number of hydrogen-bond acceptors (Lipinski definition) is 7. The molecule has 0 saturated carbocycles. The summed E-state index contributed by atoms with van der Waals surface area (Å²) in [5.41, 5.74) is 6.59. The predicted molar refractivity (Wildman–Crippen MR) is 236 cm³/mol. The number of hydrogen-bond donors (Lipinski definition) is 0. The first-order chi connectivity index (χ1) is 28.5. The van der Waals surface area contributed by atoms with Crippen molar-refractivity contribution in [2.24, 2.45) is 24.1 Å².